The van der Waals surface area contributed by atoms with Crippen LogP contribution in [0.4, 0.5) is 0 Å². The topological polar surface area (TPSA) is 39.1 Å². The molecule has 84 valence electrons. The number of ether oxygens (including phenoxy) is 1. The molecule has 1 unspecified atom stereocenters. The quantitative estimate of drug-likeness (QED) is 0.813. The fourth-order valence-electron chi connectivity index (χ4n) is 1.89. The van der Waals surface area contributed by atoms with Crippen LogP contribution < -0.4 is 5.32 Å². The lowest BCUT2D eigenvalue weighted by Crippen LogP contribution is -2.36. The first-order chi connectivity index (χ1) is 7.27. The van der Waals surface area contributed by atoms with Gasteiger partial charge in [0.05, 0.1) is 24.9 Å². The van der Waals surface area contributed by atoms with Crippen molar-refractivity contribution in [1.29, 1.82) is 0 Å². The van der Waals surface area contributed by atoms with E-state index in [0.717, 1.165) is 26.3 Å². The molecule has 0 bridgehead atoms. The maximum Gasteiger partial charge on any atom is 0.0730 e. The number of nitrogens with one attached hydrogen (secondary N) is 1. The predicted molar refractivity (Wildman–Crippen MR) is 58.6 cm³/mol. The zero-order valence-electron chi connectivity index (χ0n) is 9.44. The van der Waals surface area contributed by atoms with Gasteiger partial charge in [-0.15, -0.1) is 0 Å². The number of rotatable bonds is 3. The lowest BCUT2D eigenvalue weighted by molar-refractivity contribution is 0.0738. The van der Waals surface area contributed by atoms with Crippen molar-refractivity contribution in [3.8, 4) is 0 Å². The third-order valence-electron chi connectivity index (χ3n) is 2.57. The van der Waals surface area contributed by atoms with Crippen LogP contribution in [0.25, 0.3) is 0 Å². The zero-order valence-corrected chi connectivity index (χ0v) is 9.44. The Kier molecular flexibility index (Phi) is 3.38. The van der Waals surface area contributed by atoms with E-state index < -0.39 is 0 Å². The van der Waals surface area contributed by atoms with E-state index in [9.17, 15) is 0 Å². The standard InChI is InChI=1S/C11H19N3O/c1-9(2)7-14-11(3-4-13-14)10-8-15-6-5-12-10/h3-4,9-10,12H,5-8H2,1-2H3. The summed E-state index contributed by atoms with van der Waals surface area (Å²) < 4.78 is 7.54. The van der Waals surface area contributed by atoms with Gasteiger partial charge in [-0.3, -0.25) is 4.68 Å². The Morgan fingerprint density at radius 2 is 2.53 bits per heavy atom. The van der Waals surface area contributed by atoms with Gasteiger partial charge in [-0.1, -0.05) is 13.8 Å². The molecule has 0 saturated carbocycles. The van der Waals surface area contributed by atoms with Gasteiger partial charge >= 0.3 is 0 Å². The van der Waals surface area contributed by atoms with E-state index in [1.807, 2.05) is 6.20 Å². The van der Waals surface area contributed by atoms with Gasteiger partial charge in [0.1, 0.15) is 0 Å². The molecular formula is C11H19N3O. The summed E-state index contributed by atoms with van der Waals surface area (Å²) in [6.45, 7) is 7.88. The molecular weight excluding hydrogens is 190 g/mol. The second kappa shape index (κ2) is 4.77. The smallest absolute Gasteiger partial charge is 0.0730 e. The summed E-state index contributed by atoms with van der Waals surface area (Å²) in [7, 11) is 0. The van der Waals surface area contributed by atoms with E-state index in [4.69, 9.17) is 4.74 Å². The SMILES string of the molecule is CC(C)Cn1nccc1C1COCCN1. The molecule has 1 aliphatic heterocycles. The summed E-state index contributed by atoms with van der Waals surface area (Å²) in [6.07, 6.45) is 1.87. The van der Waals surface area contributed by atoms with Crippen LogP contribution in [0.3, 0.4) is 0 Å². The Labute approximate surface area is 90.6 Å². The Bertz CT molecular complexity index is 303. The van der Waals surface area contributed by atoms with Crippen LogP contribution >= 0.6 is 0 Å². The van der Waals surface area contributed by atoms with Crippen molar-refractivity contribution in [1.82, 2.24) is 15.1 Å². The Morgan fingerprint density at radius 1 is 1.67 bits per heavy atom. The number of hydrogen-bond donors (Lipinski definition) is 1. The van der Waals surface area contributed by atoms with Crippen LogP contribution in [0, 0.1) is 5.92 Å². The molecule has 0 radical (unpaired) electrons. The van der Waals surface area contributed by atoms with Crippen molar-refractivity contribution in [2.45, 2.75) is 26.4 Å². The minimum absolute atomic E-state index is 0.306. The molecule has 0 spiro atoms. The average molecular weight is 209 g/mol. The molecule has 1 N–H and O–H groups in total. The summed E-state index contributed by atoms with van der Waals surface area (Å²) in [6, 6.07) is 2.38. The normalized spacial score (nSPS) is 22.2. The van der Waals surface area contributed by atoms with Gasteiger partial charge in [0.2, 0.25) is 0 Å². The lowest BCUT2D eigenvalue weighted by atomic mass is 10.2. The molecule has 0 aliphatic carbocycles. The van der Waals surface area contributed by atoms with Crippen molar-refractivity contribution in [2.24, 2.45) is 5.92 Å². The number of aromatic nitrogens is 2. The summed E-state index contributed by atoms with van der Waals surface area (Å²) in [5.41, 5.74) is 1.24. The van der Waals surface area contributed by atoms with Gasteiger partial charge in [-0.25, -0.2) is 0 Å². The molecule has 4 nitrogen and oxygen atoms in total. The second-order valence-electron chi connectivity index (χ2n) is 4.41. The molecule has 2 rings (SSSR count). The molecule has 0 aromatic carbocycles. The molecule has 1 aromatic rings. The van der Waals surface area contributed by atoms with Crippen molar-refractivity contribution in [3.05, 3.63) is 18.0 Å². The predicted octanol–water partition coefficient (Wildman–Crippen LogP) is 1.20. The number of hydrogen-bond acceptors (Lipinski definition) is 3. The monoisotopic (exact) mass is 209 g/mol. The summed E-state index contributed by atoms with van der Waals surface area (Å²) in [4.78, 5) is 0. The van der Waals surface area contributed by atoms with Gasteiger partial charge in [-0.05, 0) is 12.0 Å². The Morgan fingerprint density at radius 3 is 3.20 bits per heavy atom. The minimum Gasteiger partial charge on any atom is -0.378 e. The maximum absolute atomic E-state index is 5.46. The highest BCUT2D eigenvalue weighted by Gasteiger charge is 2.19. The Balaban J connectivity index is 2.09. The fourth-order valence-corrected chi connectivity index (χ4v) is 1.89. The molecule has 1 atom stereocenters. The molecule has 2 heterocycles. The Hall–Kier alpha value is -0.870. The summed E-state index contributed by atoms with van der Waals surface area (Å²) in [5.74, 6) is 0.619. The van der Waals surface area contributed by atoms with E-state index in [1.54, 1.807) is 0 Å². The van der Waals surface area contributed by atoms with Crippen molar-refractivity contribution < 1.29 is 4.74 Å². The van der Waals surface area contributed by atoms with Crippen LogP contribution in [0.5, 0.6) is 0 Å². The van der Waals surface area contributed by atoms with E-state index in [2.05, 4.69) is 35.0 Å². The first-order valence-corrected chi connectivity index (χ1v) is 5.60. The lowest BCUT2D eigenvalue weighted by Gasteiger charge is -2.24. The van der Waals surface area contributed by atoms with Crippen LogP contribution in [0.15, 0.2) is 12.3 Å². The van der Waals surface area contributed by atoms with Gasteiger partial charge < -0.3 is 10.1 Å². The summed E-state index contributed by atoms with van der Waals surface area (Å²) in [5, 5.41) is 7.80. The third kappa shape index (κ3) is 2.58. The average Bonchev–Trinajstić information content (AvgIpc) is 2.66. The first kappa shape index (κ1) is 10.6. The zero-order chi connectivity index (χ0) is 10.7. The highest BCUT2D eigenvalue weighted by Crippen LogP contribution is 2.16. The van der Waals surface area contributed by atoms with E-state index in [-0.39, 0.29) is 0 Å². The van der Waals surface area contributed by atoms with Gasteiger partial charge in [0.15, 0.2) is 0 Å². The third-order valence-corrected chi connectivity index (χ3v) is 2.57. The van der Waals surface area contributed by atoms with Crippen molar-refractivity contribution in [2.75, 3.05) is 19.8 Å². The molecule has 1 aliphatic rings. The van der Waals surface area contributed by atoms with Gasteiger partial charge in [0, 0.05) is 19.3 Å². The molecule has 0 amide bonds. The molecule has 15 heavy (non-hydrogen) atoms. The summed E-state index contributed by atoms with van der Waals surface area (Å²) >= 11 is 0. The molecule has 1 aromatic heterocycles. The van der Waals surface area contributed by atoms with Crippen molar-refractivity contribution in [3.63, 3.8) is 0 Å². The van der Waals surface area contributed by atoms with Gasteiger partial charge in [-0.2, -0.15) is 5.10 Å². The van der Waals surface area contributed by atoms with Gasteiger partial charge in [0.25, 0.3) is 0 Å². The van der Waals surface area contributed by atoms with Crippen LogP contribution in [-0.2, 0) is 11.3 Å². The largest absolute Gasteiger partial charge is 0.378 e. The van der Waals surface area contributed by atoms with Crippen molar-refractivity contribution >= 4 is 0 Å². The second-order valence-corrected chi connectivity index (χ2v) is 4.41. The van der Waals surface area contributed by atoms with Crippen LogP contribution in [0.1, 0.15) is 25.6 Å². The van der Waals surface area contributed by atoms with E-state index in [1.165, 1.54) is 5.69 Å². The van der Waals surface area contributed by atoms with E-state index in [0.29, 0.717) is 12.0 Å². The van der Waals surface area contributed by atoms with Crippen LogP contribution in [-0.4, -0.2) is 29.5 Å². The number of nitrogens with zero attached hydrogens (tertiary/aromatic N) is 2. The highest BCUT2D eigenvalue weighted by molar-refractivity contribution is 5.07. The molecule has 1 fully saturated rings. The van der Waals surface area contributed by atoms with E-state index >= 15 is 0 Å². The molecule has 1 saturated heterocycles. The van der Waals surface area contributed by atoms with Crippen LogP contribution in [0.2, 0.25) is 0 Å². The maximum atomic E-state index is 5.46. The fraction of sp³-hybridized carbons (Fsp3) is 0.727. The first-order valence-electron chi connectivity index (χ1n) is 5.60. The highest BCUT2D eigenvalue weighted by atomic mass is 16.5. The minimum atomic E-state index is 0.306. The number of morpholine rings is 1. The molecule has 4 heteroatoms.